The van der Waals surface area contributed by atoms with Gasteiger partial charge in [0.15, 0.2) is 0 Å². The molecule has 0 saturated carbocycles. The molecule has 1 N–H and O–H groups in total. The molecular formula is C17H18ClN3O3. The summed E-state index contributed by atoms with van der Waals surface area (Å²) >= 11 is 6.10. The highest BCUT2D eigenvalue weighted by molar-refractivity contribution is 6.32. The van der Waals surface area contributed by atoms with Gasteiger partial charge in [0, 0.05) is 38.1 Å². The number of hydrogen-bond donors (Lipinski definition) is 1. The Balaban J connectivity index is 2.00. The highest BCUT2D eigenvalue weighted by Crippen LogP contribution is 2.29. The van der Waals surface area contributed by atoms with Gasteiger partial charge < -0.3 is 15.0 Å². The molecule has 126 valence electrons. The molecule has 0 spiro atoms. The van der Waals surface area contributed by atoms with Crippen LogP contribution < -0.4 is 15.0 Å². The molecule has 0 radical (unpaired) electrons. The maximum atomic E-state index is 12.0. The highest BCUT2D eigenvalue weighted by Gasteiger charge is 2.14. The Hall–Kier alpha value is -2.60. The van der Waals surface area contributed by atoms with Gasteiger partial charge in [-0.15, -0.1) is 0 Å². The van der Waals surface area contributed by atoms with Gasteiger partial charge in [-0.25, -0.2) is 0 Å². The molecular weight excluding hydrogens is 330 g/mol. The van der Waals surface area contributed by atoms with Crippen molar-refractivity contribution in [2.24, 2.45) is 0 Å². The molecule has 0 fully saturated rings. The molecule has 0 atom stereocenters. The van der Waals surface area contributed by atoms with Crippen LogP contribution in [-0.2, 0) is 4.79 Å². The van der Waals surface area contributed by atoms with Crippen LogP contribution in [0.15, 0.2) is 42.7 Å². The van der Waals surface area contributed by atoms with Gasteiger partial charge in [-0.1, -0.05) is 11.6 Å². The van der Waals surface area contributed by atoms with Gasteiger partial charge in [0.2, 0.25) is 5.91 Å². The topological polar surface area (TPSA) is 71.5 Å². The van der Waals surface area contributed by atoms with Crippen LogP contribution in [0, 0.1) is 0 Å². The molecule has 0 bridgehead atoms. The number of pyridine rings is 1. The van der Waals surface area contributed by atoms with Crippen molar-refractivity contribution in [2.75, 3.05) is 25.1 Å². The zero-order chi connectivity index (χ0) is 17.5. The standard InChI is InChI=1S/C17H18ClN3O3/c1-12(22)21(14-5-6-16(24-2)15(18)10-14)9-8-20-17(23)13-4-3-7-19-11-13/h3-7,10-11H,8-9H2,1-2H3,(H,20,23). The Morgan fingerprint density at radius 1 is 1.33 bits per heavy atom. The van der Waals surface area contributed by atoms with Crippen LogP contribution in [0.5, 0.6) is 5.75 Å². The van der Waals surface area contributed by atoms with Crippen LogP contribution in [0.4, 0.5) is 5.69 Å². The summed E-state index contributed by atoms with van der Waals surface area (Å²) in [5, 5.41) is 3.18. The number of carbonyl (C=O) groups is 2. The summed E-state index contributed by atoms with van der Waals surface area (Å²) in [6.45, 7) is 2.09. The van der Waals surface area contributed by atoms with Crippen molar-refractivity contribution in [3.63, 3.8) is 0 Å². The quantitative estimate of drug-likeness (QED) is 0.871. The third-order valence-corrected chi connectivity index (χ3v) is 3.67. The van der Waals surface area contributed by atoms with E-state index in [0.717, 1.165) is 0 Å². The average Bonchev–Trinajstić information content (AvgIpc) is 2.59. The summed E-state index contributed by atoms with van der Waals surface area (Å²) in [7, 11) is 1.53. The molecule has 2 rings (SSSR count). The number of halogens is 1. The first kappa shape index (κ1) is 17.7. The molecule has 0 saturated heterocycles. The normalized spacial score (nSPS) is 10.1. The molecule has 2 aromatic rings. The number of hydrogen-bond acceptors (Lipinski definition) is 4. The lowest BCUT2D eigenvalue weighted by Gasteiger charge is -2.22. The predicted molar refractivity (Wildman–Crippen MR) is 92.6 cm³/mol. The number of rotatable bonds is 6. The number of ether oxygens (including phenoxy) is 1. The molecule has 0 aliphatic carbocycles. The molecule has 7 heteroatoms. The van der Waals surface area contributed by atoms with E-state index < -0.39 is 0 Å². The van der Waals surface area contributed by atoms with E-state index in [1.165, 1.54) is 25.1 Å². The van der Waals surface area contributed by atoms with Crippen LogP contribution in [0.3, 0.4) is 0 Å². The number of aromatic nitrogens is 1. The maximum Gasteiger partial charge on any atom is 0.252 e. The van der Waals surface area contributed by atoms with Gasteiger partial charge in [-0.05, 0) is 30.3 Å². The minimum atomic E-state index is -0.237. The van der Waals surface area contributed by atoms with Crippen LogP contribution in [0.1, 0.15) is 17.3 Å². The van der Waals surface area contributed by atoms with E-state index in [1.807, 2.05) is 0 Å². The Labute approximate surface area is 145 Å². The third kappa shape index (κ3) is 4.45. The molecule has 2 amide bonds. The summed E-state index contributed by atoms with van der Waals surface area (Å²) in [5.74, 6) is 0.153. The van der Waals surface area contributed by atoms with E-state index in [9.17, 15) is 9.59 Å². The smallest absolute Gasteiger partial charge is 0.252 e. The number of amides is 2. The number of nitrogens with one attached hydrogen (secondary N) is 1. The molecule has 1 aromatic heterocycles. The van der Waals surface area contributed by atoms with Gasteiger partial charge in [0.25, 0.3) is 5.91 Å². The first-order chi connectivity index (χ1) is 11.5. The fraction of sp³-hybridized carbons (Fsp3) is 0.235. The van der Waals surface area contributed by atoms with E-state index in [0.29, 0.717) is 35.1 Å². The minimum Gasteiger partial charge on any atom is -0.495 e. The lowest BCUT2D eigenvalue weighted by atomic mass is 10.2. The summed E-state index contributed by atoms with van der Waals surface area (Å²) in [6, 6.07) is 8.46. The average molecular weight is 348 g/mol. The molecule has 0 unspecified atom stereocenters. The van der Waals surface area contributed by atoms with Crippen molar-refractivity contribution in [2.45, 2.75) is 6.92 Å². The van der Waals surface area contributed by atoms with E-state index in [1.54, 1.807) is 36.5 Å². The van der Waals surface area contributed by atoms with E-state index >= 15 is 0 Å². The van der Waals surface area contributed by atoms with E-state index in [-0.39, 0.29) is 11.8 Å². The number of nitrogens with zero attached hydrogens (tertiary/aromatic N) is 2. The highest BCUT2D eigenvalue weighted by atomic mass is 35.5. The lowest BCUT2D eigenvalue weighted by molar-refractivity contribution is -0.116. The van der Waals surface area contributed by atoms with Crippen molar-refractivity contribution >= 4 is 29.1 Å². The van der Waals surface area contributed by atoms with Crippen molar-refractivity contribution in [3.05, 3.63) is 53.3 Å². The fourth-order valence-electron chi connectivity index (χ4n) is 2.17. The van der Waals surface area contributed by atoms with E-state index in [2.05, 4.69) is 10.3 Å². The van der Waals surface area contributed by atoms with Gasteiger partial charge in [-0.3, -0.25) is 14.6 Å². The Morgan fingerprint density at radius 2 is 2.12 bits per heavy atom. The van der Waals surface area contributed by atoms with Gasteiger partial charge in [0.05, 0.1) is 17.7 Å². The fourth-order valence-corrected chi connectivity index (χ4v) is 2.42. The monoisotopic (exact) mass is 347 g/mol. The maximum absolute atomic E-state index is 12.0. The van der Waals surface area contributed by atoms with Gasteiger partial charge in [0.1, 0.15) is 5.75 Å². The van der Waals surface area contributed by atoms with Crippen molar-refractivity contribution < 1.29 is 14.3 Å². The number of methoxy groups -OCH3 is 1. The molecule has 0 aliphatic heterocycles. The zero-order valence-electron chi connectivity index (χ0n) is 13.5. The molecule has 1 heterocycles. The van der Waals surface area contributed by atoms with Crippen molar-refractivity contribution in [3.8, 4) is 5.75 Å². The van der Waals surface area contributed by atoms with Gasteiger partial charge >= 0.3 is 0 Å². The number of anilines is 1. The Kier molecular flexibility index (Phi) is 6.14. The first-order valence-electron chi connectivity index (χ1n) is 7.33. The Bertz CT molecular complexity index is 722. The lowest BCUT2D eigenvalue weighted by Crippen LogP contribution is -2.37. The van der Waals surface area contributed by atoms with Crippen molar-refractivity contribution in [1.29, 1.82) is 0 Å². The van der Waals surface area contributed by atoms with Crippen LogP contribution in [0.25, 0.3) is 0 Å². The number of carbonyl (C=O) groups excluding carboxylic acids is 2. The summed E-state index contributed by atoms with van der Waals surface area (Å²) < 4.78 is 5.10. The first-order valence-corrected chi connectivity index (χ1v) is 7.70. The SMILES string of the molecule is COc1ccc(N(CCNC(=O)c2cccnc2)C(C)=O)cc1Cl. The van der Waals surface area contributed by atoms with Crippen LogP contribution in [-0.4, -0.2) is 37.0 Å². The second-order valence-corrected chi connectivity index (χ2v) is 5.39. The van der Waals surface area contributed by atoms with Crippen LogP contribution >= 0.6 is 11.6 Å². The zero-order valence-corrected chi connectivity index (χ0v) is 14.2. The van der Waals surface area contributed by atoms with Crippen molar-refractivity contribution in [1.82, 2.24) is 10.3 Å². The molecule has 1 aromatic carbocycles. The second-order valence-electron chi connectivity index (χ2n) is 4.99. The minimum absolute atomic E-state index is 0.146. The molecule has 24 heavy (non-hydrogen) atoms. The second kappa shape index (κ2) is 8.31. The van der Waals surface area contributed by atoms with Crippen LogP contribution in [0.2, 0.25) is 5.02 Å². The van der Waals surface area contributed by atoms with Gasteiger partial charge in [-0.2, -0.15) is 0 Å². The number of benzene rings is 1. The summed E-state index contributed by atoms with van der Waals surface area (Å²) in [4.78, 5) is 29.3. The summed E-state index contributed by atoms with van der Waals surface area (Å²) in [5.41, 5.74) is 1.11. The molecule has 6 nitrogen and oxygen atoms in total. The third-order valence-electron chi connectivity index (χ3n) is 3.37. The van der Waals surface area contributed by atoms with E-state index in [4.69, 9.17) is 16.3 Å². The summed E-state index contributed by atoms with van der Waals surface area (Å²) in [6.07, 6.45) is 3.09. The molecule has 0 aliphatic rings. The Morgan fingerprint density at radius 3 is 2.71 bits per heavy atom. The largest absolute Gasteiger partial charge is 0.495 e. The predicted octanol–water partition coefficient (Wildman–Crippen LogP) is 2.53.